The monoisotopic (exact) mass is 973 g/mol. The Balaban J connectivity index is 4.42. The quantitative estimate of drug-likeness (QED) is 0.0262. The van der Waals surface area contributed by atoms with Crippen LogP contribution in [0.3, 0.4) is 0 Å². The maximum atomic E-state index is 12.9. The van der Waals surface area contributed by atoms with Crippen LogP contribution in [0.25, 0.3) is 0 Å². The molecule has 0 saturated heterocycles. The first-order valence-electron chi connectivity index (χ1n) is 29.2. The van der Waals surface area contributed by atoms with E-state index in [0.717, 1.165) is 116 Å². The summed E-state index contributed by atoms with van der Waals surface area (Å²) in [6.07, 6.45) is 76.8. The van der Waals surface area contributed by atoms with Crippen molar-refractivity contribution in [2.75, 3.05) is 13.2 Å². The van der Waals surface area contributed by atoms with Crippen LogP contribution in [0.2, 0.25) is 0 Å². The molecule has 0 spiro atoms. The van der Waals surface area contributed by atoms with E-state index >= 15 is 0 Å². The summed E-state index contributed by atoms with van der Waals surface area (Å²) in [5, 5.41) is 0. The molecule has 0 N–H and O–H groups in total. The molecular formula is C64H108O6. The summed E-state index contributed by atoms with van der Waals surface area (Å²) in [6, 6.07) is 0. The lowest BCUT2D eigenvalue weighted by Crippen LogP contribution is -2.30. The fourth-order valence-corrected chi connectivity index (χ4v) is 7.97. The molecule has 0 aromatic carbocycles. The van der Waals surface area contributed by atoms with Crippen molar-refractivity contribution in [3.63, 3.8) is 0 Å². The van der Waals surface area contributed by atoms with E-state index in [1.807, 2.05) is 0 Å². The number of ether oxygens (including phenoxy) is 3. The van der Waals surface area contributed by atoms with E-state index in [0.29, 0.717) is 19.3 Å². The second kappa shape index (κ2) is 57.9. The molecule has 0 fully saturated rings. The Hall–Kier alpha value is -3.67. The van der Waals surface area contributed by atoms with Crippen LogP contribution in [0, 0.1) is 0 Å². The summed E-state index contributed by atoms with van der Waals surface area (Å²) in [5.74, 6) is -0.909. The average Bonchev–Trinajstić information content (AvgIpc) is 3.36. The highest BCUT2D eigenvalue weighted by Crippen LogP contribution is 2.15. The predicted octanol–water partition coefficient (Wildman–Crippen LogP) is 19.7. The zero-order valence-electron chi connectivity index (χ0n) is 45.8. The third kappa shape index (κ3) is 55.3. The molecule has 1 atom stereocenters. The Morgan fingerprint density at radius 2 is 0.557 bits per heavy atom. The van der Waals surface area contributed by atoms with Gasteiger partial charge in [-0.2, -0.15) is 0 Å². The Labute approximate surface area is 432 Å². The van der Waals surface area contributed by atoms with Crippen LogP contribution in [0.4, 0.5) is 0 Å². The van der Waals surface area contributed by atoms with Crippen molar-refractivity contribution in [2.24, 2.45) is 0 Å². The van der Waals surface area contributed by atoms with E-state index in [2.05, 4.69) is 118 Å². The maximum Gasteiger partial charge on any atom is 0.306 e. The number of carbonyl (C=O) groups excluding carboxylic acids is 3. The SMILES string of the molecule is CC/C=C\C/C=C\C/C=C\CCCCCCCCCCCC(=O)OCC(COC(=O)CCCCCCCC/C=C\C/C=C\C/C=C\CC)OC(=O)CCCCCCCCC/C=C\C/C=C\CCCCC. The second-order valence-corrected chi connectivity index (χ2v) is 19.1. The Morgan fingerprint density at radius 3 is 0.871 bits per heavy atom. The molecule has 0 aliphatic rings. The van der Waals surface area contributed by atoms with Gasteiger partial charge in [0.2, 0.25) is 0 Å². The molecule has 6 heteroatoms. The van der Waals surface area contributed by atoms with Gasteiger partial charge in [-0.3, -0.25) is 14.4 Å². The number of carbonyl (C=O) groups is 3. The van der Waals surface area contributed by atoms with Gasteiger partial charge >= 0.3 is 17.9 Å². The van der Waals surface area contributed by atoms with Gasteiger partial charge in [0.05, 0.1) is 0 Å². The summed E-state index contributed by atoms with van der Waals surface area (Å²) in [6.45, 7) is 6.39. The highest BCUT2D eigenvalue weighted by atomic mass is 16.6. The van der Waals surface area contributed by atoms with Crippen molar-refractivity contribution in [3.8, 4) is 0 Å². The van der Waals surface area contributed by atoms with Gasteiger partial charge in [-0.25, -0.2) is 0 Å². The van der Waals surface area contributed by atoms with Gasteiger partial charge in [0, 0.05) is 19.3 Å². The van der Waals surface area contributed by atoms with Gasteiger partial charge in [-0.15, -0.1) is 0 Å². The summed E-state index contributed by atoms with van der Waals surface area (Å²) < 4.78 is 16.9. The minimum atomic E-state index is -0.791. The molecule has 0 aliphatic heterocycles. The zero-order chi connectivity index (χ0) is 50.7. The Morgan fingerprint density at radius 1 is 0.300 bits per heavy atom. The smallest absolute Gasteiger partial charge is 0.306 e. The molecular weight excluding hydrogens is 865 g/mol. The van der Waals surface area contributed by atoms with Gasteiger partial charge in [0.25, 0.3) is 0 Å². The van der Waals surface area contributed by atoms with Crippen molar-refractivity contribution in [2.45, 2.75) is 277 Å². The number of hydrogen-bond acceptors (Lipinski definition) is 6. The topological polar surface area (TPSA) is 78.9 Å². The lowest BCUT2D eigenvalue weighted by Gasteiger charge is -2.18. The minimum absolute atomic E-state index is 0.0882. The molecule has 70 heavy (non-hydrogen) atoms. The van der Waals surface area contributed by atoms with Crippen LogP contribution in [-0.2, 0) is 28.6 Å². The lowest BCUT2D eigenvalue weighted by atomic mass is 10.1. The standard InChI is InChI=1S/C64H108O6/c1-4-7-10-13-16-19-22-25-28-31-32-34-36-39-42-45-48-51-54-57-63(66)69-60-61(59-68-62(65)56-53-50-47-44-41-38-35-30-27-24-21-18-15-12-9-6-3)70-64(67)58-55-52-49-46-43-40-37-33-29-26-23-20-17-14-11-8-5-2/h7,9-10,12,16-21,25-30,61H,4-6,8,11,13-15,22-24,31-60H2,1-3H3/b10-7-,12-9-,19-16-,20-17-,21-18-,28-25-,29-26-,30-27-. The molecule has 0 aliphatic carbocycles. The highest BCUT2D eigenvalue weighted by Gasteiger charge is 2.19. The van der Waals surface area contributed by atoms with Gasteiger partial charge in [0.15, 0.2) is 6.10 Å². The van der Waals surface area contributed by atoms with Crippen molar-refractivity contribution >= 4 is 17.9 Å². The maximum absolute atomic E-state index is 12.9. The van der Waals surface area contributed by atoms with E-state index < -0.39 is 6.10 Å². The second-order valence-electron chi connectivity index (χ2n) is 19.1. The molecule has 0 radical (unpaired) electrons. The molecule has 0 saturated carbocycles. The molecule has 0 rings (SSSR count). The largest absolute Gasteiger partial charge is 0.462 e. The van der Waals surface area contributed by atoms with Crippen molar-refractivity contribution in [1.82, 2.24) is 0 Å². The fraction of sp³-hybridized carbons (Fsp3) is 0.703. The summed E-state index contributed by atoms with van der Waals surface area (Å²) >= 11 is 0. The van der Waals surface area contributed by atoms with E-state index in [1.165, 1.54) is 116 Å². The normalized spacial score (nSPS) is 12.8. The molecule has 1 unspecified atom stereocenters. The molecule has 400 valence electrons. The van der Waals surface area contributed by atoms with Crippen LogP contribution in [0.5, 0.6) is 0 Å². The van der Waals surface area contributed by atoms with E-state index in [9.17, 15) is 14.4 Å². The number of unbranched alkanes of at least 4 members (excludes halogenated alkanes) is 25. The van der Waals surface area contributed by atoms with Gasteiger partial charge in [-0.05, 0) is 116 Å². The minimum Gasteiger partial charge on any atom is -0.462 e. The highest BCUT2D eigenvalue weighted by molar-refractivity contribution is 5.71. The molecule has 0 aromatic rings. The average molecular weight is 974 g/mol. The summed E-state index contributed by atoms with van der Waals surface area (Å²) in [7, 11) is 0. The van der Waals surface area contributed by atoms with E-state index in [1.54, 1.807) is 0 Å². The van der Waals surface area contributed by atoms with Gasteiger partial charge < -0.3 is 14.2 Å². The van der Waals surface area contributed by atoms with E-state index in [-0.39, 0.29) is 31.1 Å². The van der Waals surface area contributed by atoms with Gasteiger partial charge in [-0.1, -0.05) is 234 Å². The molecule has 6 nitrogen and oxygen atoms in total. The third-order valence-electron chi connectivity index (χ3n) is 12.3. The number of rotatable bonds is 52. The van der Waals surface area contributed by atoms with Crippen LogP contribution < -0.4 is 0 Å². The predicted molar refractivity (Wildman–Crippen MR) is 302 cm³/mol. The van der Waals surface area contributed by atoms with Crippen LogP contribution in [0.15, 0.2) is 97.2 Å². The molecule has 0 heterocycles. The van der Waals surface area contributed by atoms with Crippen LogP contribution in [-0.4, -0.2) is 37.2 Å². The van der Waals surface area contributed by atoms with E-state index in [4.69, 9.17) is 14.2 Å². The van der Waals surface area contributed by atoms with Crippen LogP contribution in [0.1, 0.15) is 271 Å². The number of hydrogen-bond donors (Lipinski definition) is 0. The van der Waals surface area contributed by atoms with Crippen LogP contribution >= 0.6 is 0 Å². The first kappa shape index (κ1) is 66.3. The van der Waals surface area contributed by atoms with Crippen molar-refractivity contribution in [1.29, 1.82) is 0 Å². The number of allylic oxidation sites excluding steroid dienone is 16. The third-order valence-corrected chi connectivity index (χ3v) is 12.3. The van der Waals surface area contributed by atoms with Crippen molar-refractivity contribution < 1.29 is 28.6 Å². The Kier molecular flexibility index (Phi) is 54.9. The first-order chi connectivity index (χ1) is 34.5. The summed E-state index contributed by atoms with van der Waals surface area (Å²) in [4.78, 5) is 38.2. The first-order valence-corrected chi connectivity index (χ1v) is 29.2. The Bertz CT molecular complexity index is 1400. The lowest BCUT2D eigenvalue weighted by molar-refractivity contribution is -0.167. The number of esters is 3. The molecule has 0 bridgehead atoms. The van der Waals surface area contributed by atoms with Crippen molar-refractivity contribution in [3.05, 3.63) is 97.2 Å². The molecule has 0 aromatic heterocycles. The van der Waals surface area contributed by atoms with Gasteiger partial charge in [0.1, 0.15) is 13.2 Å². The fourth-order valence-electron chi connectivity index (χ4n) is 7.97. The zero-order valence-corrected chi connectivity index (χ0v) is 45.8. The summed E-state index contributed by atoms with van der Waals surface area (Å²) in [5.41, 5.74) is 0. The molecule has 0 amide bonds.